The predicted octanol–water partition coefficient (Wildman–Crippen LogP) is 2.66. The number of Topliss-reactive ketones (excluding diaryl/α,β-unsaturated/α-hetero) is 1. The van der Waals surface area contributed by atoms with Crippen molar-refractivity contribution in [2.45, 2.75) is 19.3 Å². The van der Waals surface area contributed by atoms with Crippen LogP contribution < -0.4 is 0 Å². The molecule has 2 atom stereocenters. The van der Waals surface area contributed by atoms with E-state index in [-0.39, 0.29) is 17.6 Å². The van der Waals surface area contributed by atoms with E-state index in [2.05, 4.69) is 0 Å². The lowest BCUT2D eigenvalue weighted by Gasteiger charge is -1.99. The van der Waals surface area contributed by atoms with Gasteiger partial charge in [0, 0.05) is 5.92 Å². The first-order valence-electron chi connectivity index (χ1n) is 4.55. The van der Waals surface area contributed by atoms with Crippen LogP contribution in [0.3, 0.4) is 0 Å². The van der Waals surface area contributed by atoms with Crippen LogP contribution in [0.4, 0.5) is 8.78 Å². The monoisotopic (exact) mass is 196 g/mol. The number of hydrogen-bond acceptors (Lipinski definition) is 1. The standard InChI is InChI=1S/C11H10F2O/c1-6(14)8-5-9(8)7-2-3-10(12)11(13)4-7/h2-4,8-9H,5H2,1H3/t8-,9-/m0/s1. The highest BCUT2D eigenvalue weighted by Crippen LogP contribution is 2.47. The summed E-state index contributed by atoms with van der Waals surface area (Å²) < 4.78 is 25.4. The molecular formula is C11H10F2O. The molecule has 0 saturated heterocycles. The van der Waals surface area contributed by atoms with Crippen molar-refractivity contribution in [1.29, 1.82) is 0 Å². The fraction of sp³-hybridized carbons (Fsp3) is 0.364. The SMILES string of the molecule is CC(=O)[C@@H]1C[C@H]1c1ccc(F)c(F)c1. The van der Waals surface area contributed by atoms with Gasteiger partial charge >= 0.3 is 0 Å². The summed E-state index contributed by atoms with van der Waals surface area (Å²) in [6.07, 6.45) is 0.764. The molecule has 74 valence electrons. The summed E-state index contributed by atoms with van der Waals surface area (Å²) in [5.74, 6) is -1.44. The minimum Gasteiger partial charge on any atom is -0.300 e. The van der Waals surface area contributed by atoms with Gasteiger partial charge in [-0.05, 0) is 37.0 Å². The number of carbonyl (C=O) groups is 1. The average molecular weight is 196 g/mol. The molecule has 0 aromatic heterocycles. The van der Waals surface area contributed by atoms with E-state index in [0.29, 0.717) is 0 Å². The van der Waals surface area contributed by atoms with Gasteiger partial charge < -0.3 is 0 Å². The van der Waals surface area contributed by atoms with Gasteiger partial charge in [0.2, 0.25) is 0 Å². The lowest BCUT2D eigenvalue weighted by atomic mass is 10.1. The Kier molecular flexibility index (Phi) is 2.10. The summed E-state index contributed by atoms with van der Waals surface area (Å²) in [6, 6.07) is 3.84. The molecule has 0 radical (unpaired) electrons. The molecule has 0 bridgehead atoms. The minimum atomic E-state index is -0.839. The Labute approximate surface area is 80.7 Å². The number of benzene rings is 1. The average Bonchev–Trinajstić information content (AvgIpc) is 2.89. The van der Waals surface area contributed by atoms with Gasteiger partial charge in [-0.15, -0.1) is 0 Å². The van der Waals surface area contributed by atoms with Crippen LogP contribution in [-0.4, -0.2) is 5.78 Å². The summed E-state index contributed by atoms with van der Waals surface area (Å²) in [5, 5.41) is 0. The molecule has 0 unspecified atom stereocenters. The van der Waals surface area contributed by atoms with E-state index in [0.717, 1.165) is 18.1 Å². The normalized spacial score (nSPS) is 24.8. The third kappa shape index (κ3) is 1.54. The number of rotatable bonds is 2. The van der Waals surface area contributed by atoms with Gasteiger partial charge in [-0.1, -0.05) is 6.07 Å². The van der Waals surface area contributed by atoms with E-state index in [1.165, 1.54) is 13.0 Å². The van der Waals surface area contributed by atoms with Crippen molar-refractivity contribution in [3.8, 4) is 0 Å². The van der Waals surface area contributed by atoms with Gasteiger partial charge in [0.25, 0.3) is 0 Å². The van der Waals surface area contributed by atoms with Gasteiger partial charge in [0.05, 0.1) is 0 Å². The predicted molar refractivity (Wildman–Crippen MR) is 47.9 cm³/mol. The molecule has 0 heterocycles. The second-order valence-electron chi connectivity index (χ2n) is 3.73. The second kappa shape index (κ2) is 3.15. The fourth-order valence-electron chi connectivity index (χ4n) is 1.76. The highest BCUT2D eigenvalue weighted by atomic mass is 19.2. The number of halogens is 2. The molecule has 0 aliphatic heterocycles. The molecule has 0 N–H and O–H groups in total. The zero-order valence-electron chi connectivity index (χ0n) is 7.76. The number of hydrogen-bond donors (Lipinski definition) is 0. The van der Waals surface area contributed by atoms with Crippen LogP contribution in [0.25, 0.3) is 0 Å². The van der Waals surface area contributed by atoms with Crippen LogP contribution in [0, 0.1) is 17.6 Å². The van der Waals surface area contributed by atoms with Crippen molar-refractivity contribution in [2.24, 2.45) is 5.92 Å². The van der Waals surface area contributed by atoms with E-state index in [9.17, 15) is 13.6 Å². The first-order valence-corrected chi connectivity index (χ1v) is 4.55. The van der Waals surface area contributed by atoms with E-state index < -0.39 is 11.6 Å². The van der Waals surface area contributed by atoms with Crippen LogP contribution in [0.5, 0.6) is 0 Å². The van der Waals surface area contributed by atoms with Crippen molar-refractivity contribution in [3.05, 3.63) is 35.4 Å². The minimum absolute atomic E-state index is 0.0138. The Hall–Kier alpha value is -1.25. The molecule has 14 heavy (non-hydrogen) atoms. The molecular weight excluding hydrogens is 186 g/mol. The molecule has 1 aromatic rings. The van der Waals surface area contributed by atoms with E-state index in [1.807, 2.05) is 0 Å². The summed E-state index contributed by atoms with van der Waals surface area (Å²) in [4.78, 5) is 11.0. The second-order valence-corrected chi connectivity index (χ2v) is 3.73. The first kappa shape index (κ1) is 9.31. The fourth-order valence-corrected chi connectivity index (χ4v) is 1.76. The maximum Gasteiger partial charge on any atom is 0.159 e. The van der Waals surface area contributed by atoms with Crippen LogP contribution in [0.2, 0.25) is 0 Å². The van der Waals surface area contributed by atoms with Gasteiger partial charge in [-0.2, -0.15) is 0 Å². The maximum atomic E-state index is 12.8. The number of ketones is 1. The summed E-state index contributed by atoms with van der Waals surface area (Å²) in [6.45, 7) is 1.53. The van der Waals surface area contributed by atoms with Crippen molar-refractivity contribution in [2.75, 3.05) is 0 Å². The molecule has 0 spiro atoms. The summed E-state index contributed by atoms with van der Waals surface area (Å²) >= 11 is 0. The lowest BCUT2D eigenvalue weighted by molar-refractivity contribution is -0.118. The van der Waals surface area contributed by atoms with Crippen LogP contribution in [-0.2, 0) is 4.79 Å². The van der Waals surface area contributed by atoms with E-state index in [4.69, 9.17) is 0 Å². The summed E-state index contributed by atoms with van der Waals surface area (Å²) in [7, 11) is 0. The molecule has 3 heteroatoms. The zero-order valence-corrected chi connectivity index (χ0v) is 7.76. The van der Waals surface area contributed by atoms with E-state index in [1.54, 1.807) is 6.07 Å². The third-order valence-corrected chi connectivity index (χ3v) is 2.68. The van der Waals surface area contributed by atoms with Gasteiger partial charge in [-0.25, -0.2) is 8.78 Å². The van der Waals surface area contributed by atoms with Gasteiger partial charge in [-0.3, -0.25) is 4.79 Å². The molecule has 1 fully saturated rings. The largest absolute Gasteiger partial charge is 0.300 e. The van der Waals surface area contributed by atoms with Crippen LogP contribution in [0.15, 0.2) is 18.2 Å². The van der Waals surface area contributed by atoms with Crippen LogP contribution >= 0.6 is 0 Å². The van der Waals surface area contributed by atoms with Crippen molar-refractivity contribution >= 4 is 5.78 Å². The van der Waals surface area contributed by atoms with Crippen molar-refractivity contribution in [1.82, 2.24) is 0 Å². The molecule has 1 aromatic carbocycles. The maximum absolute atomic E-state index is 12.8. The lowest BCUT2D eigenvalue weighted by Crippen LogP contribution is -1.95. The topological polar surface area (TPSA) is 17.1 Å². The Balaban J connectivity index is 2.20. The summed E-state index contributed by atoms with van der Waals surface area (Å²) in [5.41, 5.74) is 0.726. The smallest absolute Gasteiger partial charge is 0.159 e. The molecule has 1 aliphatic carbocycles. The quantitative estimate of drug-likeness (QED) is 0.710. The van der Waals surface area contributed by atoms with E-state index >= 15 is 0 Å². The third-order valence-electron chi connectivity index (χ3n) is 2.68. The molecule has 1 nitrogen and oxygen atoms in total. The Morgan fingerprint density at radius 3 is 2.57 bits per heavy atom. The highest BCUT2D eigenvalue weighted by Gasteiger charge is 2.41. The zero-order chi connectivity index (χ0) is 10.3. The Morgan fingerprint density at radius 1 is 1.36 bits per heavy atom. The van der Waals surface area contributed by atoms with Crippen molar-refractivity contribution in [3.63, 3.8) is 0 Å². The molecule has 0 amide bonds. The Bertz CT molecular complexity index is 387. The number of carbonyl (C=O) groups excluding carboxylic acids is 1. The van der Waals surface area contributed by atoms with Gasteiger partial charge in [0.1, 0.15) is 5.78 Å². The van der Waals surface area contributed by atoms with Crippen LogP contribution in [0.1, 0.15) is 24.8 Å². The highest BCUT2D eigenvalue weighted by molar-refractivity contribution is 5.82. The molecule has 1 saturated carbocycles. The molecule has 2 rings (SSSR count). The van der Waals surface area contributed by atoms with Crippen molar-refractivity contribution < 1.29 is 13.6 Å². The first-order chi connectivity index (χ1) is 6.59. The Morgan fingerprint density at radius 2 is 2.07 bits per heavy atom. The molecule has 1 aliphatic rings. The van der Waals surface area contributed by atoms with Gasteiger partial charge in [0.15, 0.2) is 11.6 Å².